The maximum absolute atomic E-state index is 13.9. The molecule has 1 aromatic carbocycles. The zero-order valence-electron chi connectivity index (χ0n) is 12.9. The number of hydrogen-bond acceptors (Lipinski definition) is 4. The van der Waals surface area contributed by atoms with Crippen molar-refractivity contribution in [2.45, 2.75) is 43.5 Å². The summed E-state index contributed by atoms with van der Waals surface area (Å²) in [5.41, 5.74) is 0.603. The third-order valence-corrected chi connectivity index (χ3v) is 5.98. The van der Waals surface area contributed by atoms with Crippen LogP contribution in [-0.4, -0.2) is 24.4 Å². The van der Waals surface area contributed by atoms with Crippen molar-refractivity contribution < 1.29 is 17.3 Å². The lowest BCUT2D eigenvalue weighted by molar-refractivity contribution is 0.343. The average Bonchev–Trinajstić information content (AvgIpc) is 3.16. The van der Waals surface area contributed by atoms with E-state index in [2.05, 4.69) is 5.16 Å². The van der Waals surface area contributed by atoms with Gasteiger partial charge in [-0.2, -0.15) is 4.31 Å². The van der Waals surface area contributed by atoms with Crippen LogP contribution in [0.4, 0.5) is 4.39 Å². The lowest BCUT2D eigenvalue weighted by Gasteiger charge is -2.22. The van der Waals surface area contributed by atoms with Gasteiger partial charge < -0.3 is 4.52 Å². The number of sulfonamides is 1. The van der Waals surface area contributed by atoms with E-state index in [1.807, 2.05) is 13.0 Å². The Morgan fingerprint density at radius 3 is 2.91 bits per heavy atom. The fourth-order valence-corrected chi connectivity index (χ4v) is 4.69. The number of benzene rings is 1. The van der Waals surface area contributed by atoms with E-state index >= 15 is 0 Å². The lowest BCUT2D eigenvalue weighted by atomic mass is 10.1. The van der Waals surface area contributed by atoms with Crippen molar-refractivity contribution in [2.24, 2.45) is 0 Å². The Morgan fingerprint density at radius 1 is 1.39 bits per heavy atom. The van der Waals surface area contributed by atoms with Gasteiger partial charge in [0.1, 0.15) is 22.2 Å². The topological polar surface area (TPSA) is 63.4 Å². The molecule has 1 aliphatic rings. The Balaban J connectivity index is 1.93. The fraction of sp³-hybridized carbons (Fsp3) is 0.438. The standard InChI is InChI=1S/C16H19FN2O3S/c1-2-6-12-11-14(18-22-12)15-8-5-10-19(15)23(20,21)16-9-4-3-7-13(16)17/h3-4,7,9,11,15H,2,5-6,8,10H2,1H3/t15-/m1/s1. The maximum atomic E-state index is 13.9. The van der Waals surface area contributed by atoms with Gasteiger partial charge in [-0.3, -0.25) is 0 Å². The molecular formula is C16H19FN2O3S. The number of aryl methyl sites for hydroxylation is 1. The van der Waals surface area contributed by atoms with E-state index in [1.54, 1.807) is 0 Å². The molecule has 0 N–H and O–H groups in total. The monoisotopic (exact) mass is 338 g/mol. The van der Waals surface area contributed by atoms with Crippen molar-refractivity contribution in [1.29, 1.82) is 0 Å². The summed E-state index contributed by atoms with van der Waals surface area (Å²) in [6, 6.07) is 6.87. The van der Waals surface area contributed by atoms with Crippen LogP contribution in [0.1, 0.15) is 43.7 Å². The highest BCUT2D eigenvalue weighted by Crippen LogP contribution is 2.36. The van der Waals surface area contributed by atoms with Crippen LogP contribution >= 0.6 is 0 Å². The highest BCUT2D eigenvalue weighted by Gasteiger charge is 2.38. The molecule has 1 fully saturated rings. The Hall–Kier alpha value is -1.73. The van der Waals surface area contributed by atoms with Crippen molar-refractivity contribution in [1.82, 2.24) is 9.46 Å². The second-order valence-corrected chi connectivity index (χ2v) is 7.53. The van der Waals surface area contributed by atoms with Crippen molar-refractivity contribution in [2.75, 3.05) is 6.54 Å². The van der Waals surface area contributed by atoms with Crippen molar-refractivity contribution in [3.05, 3.63) is 47.6 Å². The molecule has 2 aromatic rings. The number of rotatable bonds is 5. The van der Waals surface area contributed by atoms with E-state index < -0.39 is 21.9 Å². The fourth-order valence-electron chi connectivity index (χ4n) is 2.95. The van der Waals surface area contributed by atoms with Gasteiger partial charge in [0.15, 0.2) is 0 Å². The molecule has 3 rings (SSSR count). The number of halogens is 1. The second kappa shape index (κ2) is 6.41. The first kappa shape index (κ1) is 16.1. The van der Waals surface area contributed by atoms with Crippen LogP contribution in [0.25, 0.3) is 0 Å². The Labute approximate surface area is 135 Å². The van der Waals surface area contributed by atoms with Gasteiger partial charge in [-0.25, -0.2) is 12.8 Å². The molecule has 23 heavy (non-hydrogen) atoms. The van der Waals surface area contributed by atoms with Crippen molar-refractivity contribution in [3.63, 3.8) is 0 Å². The molecule has 0 saturated carbocycles. The Morgan fingerprint density at radius 2 is 2.17 bits per heavy atom. The van der Waals surface area contributed by atoms with Gasteiger partial charge in [0.2, 0.25) is 10.0 Å². The predicted molar refractivity (Wildman–Crippen MR) is 82.8 cm³/mol. The third-order valence-electron chi connectivity index (χ3n) is 4.04. The molecule has 7 heteroatoms. The van der Waals surface area contributed by atoms with Crippen molar-refractivity contribution in [3.8, 4) is 0 Å². The summed E-state index contributed by atoms with van der Waals surface area (Å²) in [5.74, 6) is 0.0163. The third kappa shape index (κ3) is 3.03. The summed E-state index contributed by atoms with van der Waals surface area (Å²) in [5, 5.41) is 4.02. The summed E-state index contributed by atoms with van der Waals surface area (Å²) in [6.45, 7) is 2.39. The molecule has 1 saturated heterocycles. The normalized spacial score (nSPS) is 19.3. The number of hydrogen-bond donors (Lipinski definition) is 0. The van der Waals surface area contributed by atoms with Crippen molar-refractivity contribution >= 4 is 10.0 Å². The van der Waals surface area contributed by atoms with E-state index in [4.69, 9.17) is 4.52 Å². The molecule has 0 amide bonds. The molecule has 124 valence electrons. The van der Waals surface area contributed by atoms with Gasteiger partial charge in [-0.15, -0.1) is 0 Å². The quantitative estimate of drug-likeness (QED) is 0.839. The van der Waals surface area contributed by atoms with Crippen LogP contribution in [-0.2, 0) is 16.4 Å². The van der Waals surface area contributed by atoms with Crippen LogP contribution in [0.5, 0.6) is 0 Å². The molecule has 0 bridgehead atoms. The molecular weight excluding hydrogens is 319 g/mol. The minimum absolute atomic E-state index is 0.288. The van der Waals surface area contributed by atoms with Crippen LogP contribution in [0.15, 0.2) is 39.8 Å². The molecule has 2 heterocycles. The smallest absolute Gasteiger partial charge is 0.246 e. The molecule has 0 aliphatic carbocycles. The number of aromatic nitrogens is 1. The highest BCUT2D eigenvalue weighted by molar-refractivity contribution is 7.89. The van der Waals surface area contributed by atoms with Crippen LogP contribution < -0.4 is 0 Å². The first-order chi connectivity index (χ1) is 11.0. The molecule has 1 aromatic heterocycles. The first-order valence-corrected chi connectivity index (χ1v) is 9.20. The molecule has 5 nitrogen and oxygen atoms in total. The first-order valence-electron chi connectivity index (χ1n) is 7.76. The molecule has 0 unspecified atom stereocenters. The van der Waals surface area contributed by atoms with E-state index in [0.717, 1.165) is 24.7 Å². The predicted octanol–water partition coefficient (Wildman–Crippen LogP) is 3.29. The van der Waals surface area contributed by atoms with Crippen LogP contribution in [0, 0.1) is 5.82 Å². The zero-order chi connectivity index (χ0) is 16.4. The summed E-state index contributed by atoms with van der Waals surface area (Å²) in [6.07, 6.45) is 3.07. The van der Waals surface area contributed by atoms with Gasteiger partial charge in [-0.1, -0.05) is 24.2 Å². The summed E-state index contributed by atoms with van der Waals surface area (Å²) < 4.78 is 46.1. The minimum Gasteiger partial charge on any atom is -0.361 e. The second-order valence-electron chi connectivity index (χ2n) is 5.67. The average molecular weight is 338 g/mol. The van der Waals surface area contributed by atoms with Crippen LogP contribution in [0.3, 0.4) is 0 Å². The van der Waals surface area contributed by atoms with Gasteiger partial charge in [0.25, 0.3) is 0 Å². The molecule has 0 spiro atoms. The van der Waals surface area contributed by atoms with Gasteiger partial charge in [0.05, 0.1) is 6.04 Å². The van der Waals surface area contributed by atoms with E-state index in [0.29, 0.717) is 25.1 Å². The van der Waals surface area contributed by atoms with Gasteiger partial charge in [0, 0.05) is 19.0 Å². The number of nitrogens with zero attached hydrogens (tertiary/aromatic N) is 2. The van der Waals surface area contributed by atoms with Gasteiger partial charge in [-0.05, 0) is 31.4 Å². The maximum Gasteiger partial charge on any atom is 0.246 e. The summed E-state index contributed by atoms with van der Waals surface area (Å²) >= 11 is 0. The SMILES string of the molecule is CCCc1cc([C@H]2CCCN2S(=O)(=O)c2ccccc2F)no1. The van der Waals surface area contributed by atoms with E-state index in [9.17, 15) is 12.8 Å². The van der Waals surface area contributed by atoms with E-state index in [1.165, 1.54) is 22.5 Å². The molecule has 0 radical (unpaired) electrons. The lowest BCUT2D eigenvalue weighted by Crippen LogP contribution is -2.31. The Kier molecular flexibility index (Phi) is 4.50. The van der Waals surface area contributed by atoms with E-state index in [-0.39, 0.29) is 4.90 Å². The molecule has 1 atom stereocenters. The zero-order valence-corrected chi connectivity index (χ0v) is 13.7. The summed E-state index contributed by atoms with van der Waals surface area (Å²) in [4.78, 5) is -0.288. The van der Waals surface area contributed by atoms with Gasteiger partial charge >= 0.3 is 0 Å². The highest BCUT2D eigenvalue weighted by atomic mass is 32.2. The Bertz CT molecular complexity index is 788. The minimum atomic E-state index is -3.89. The summed E-state index contributed by atoms with van der Waals surface area (Å²) in [7, 11) is -3.89. The van der Waals surface area contributed by atoms with Crippen LogP contribution in [0.2, 0.25) is 0 Å². The molecule has 1 aliphatic heterocycles. The largest absolute Gasteiger partial charge is 0.361 e.